The molecule has 3 heterocycles. The molecule has 216 valence electrons. The molecular formula is C29H39ClN6O4. The minimum atomic E-state index is -1.15. The van der Waals surface area contributed by atoms with E-state index in [9.17, 15) is 19.2 Å². The second-order valence-corrected chi connectivity index (χ2v) is 11.3. The molecule has 0 bridgehead atoms. The SMILES string of the molecule is CC(C)C[C@@H](NC(=O)C(C)(C)N)C(=O)NC1Cc2cccc(N3CCCC3=O)c2N(Cc2ccccn2)C1=O.Cl. The van der Waals surface area contributed by atoms with Crippen LogP contribution >= 0.6 is 12.4 Å². The average molecular weight is 571 g/mol. The Labute approximate surface area is 241 Å². The van der Waals surface area contributed by atoms with Gasteiger partial charge in [0.1, 0.15) is 12.1 Å². The van der Waals surface area contributed by atoms with Gasteiger partial charge in [0.15, 0.2) is 0 Å². The lowest BCUT2D eigenvalue weighted by Crippen LogP contribution is -2.59. The number of hydrogen-bond acceptors (Lipinski definition) is 6. The zero-order valence-corrected chi connectivity index (χ0v) is 24.3. The molecule has 0 radical (unpaired) electrons. The number of hydrogen-bond donors (Lipinski definition) is 3. The number of para-hydroxylation sites is 1. The second-order valence-electron chi connectivity index (χ2n) is 11.3. The maximum absolute atomic E-state index is 14.0. The Bertz CT molecular complexity index is 1250. The Hall–Kier alpha value is -3.50. The molecule has 4 amide bonds. The van der Waals surface area contributed by atoms with Crippen molar-refractivity contribution < 1.29 is 19.2 Å². The summed E-state index contributed by atoms with van der Waals surface area (Å²) in [4.78, 5) is 60.4. The third-order valence-corrected chi connectivity index (χ3v) is 7.00. The summed E-state index contributed by atoms with van der Waals surface area (Å²) >= 11 is 0. The molecule has 2 aliphatic rings. The van der Waals surface area contributed by atoms with E-state index in [1.807, 2.05) is 44.2 Å². The Balaban J connectivity index is 0.00000441. The minimum Gasteiger partial charge on any atom is -0.343 e. The van der Waals surface area contributed by atoms with Gasteiger partial charge < -0.3 is 26.2 Å². The van der Waals surface area contributed by atoms with E-state index in [0.717, 1.165) is 12.0 Å². The lowest BCUT2D eigenvalue weighted by molar-refractivity contribution is -0.133. The lowest BCUT2D eigenvalue weighted by Gasteiger charge is -2.37. The first kappa shape index (κ1) is 31.0. The van der Waals surface area contributed by atoms with Crippen molar-refractivity contribution in [3.8, 4) is 0 Å². The van der Waals surface area contributed by atoms with E-state index in [1.165, 1.54) is 0 Å². The number of rotatable bonds is 9. The van der Waals surface area contributed by atoms with E-state index < -0.39 is 29.4 Å². The van der Waals surface area contributed by atoms with Crippen molar-refractivity contribution in [2.24, 2.45) is 11.7 Å². The number of nitrogens with one attached hydrogen (secondary N) is 2. The molecule has 1 fully saturated rings. The molecule has 2 atom stereocenters. The molecule has 1 unspecified atom stereocenters. The highest BCUT2D eigenvalue weighted by Gasteiger charge is 2.39. The summed E-state index contributed by atoms with van der Waals surface area (Å²) in [6.45, 7) is 7.84. The number of amides is 4. The maximum Gasteiger partial charge on any atom is 0.250 e. The largest absolute Gasteiger partial charge is 0.343 e. The van der Waals surface area contributed by atoms with Crippen molar-refractivity contribution in [2.75, 3.05) is 16.3 Å². The van der Waals surface area contributed by atoms with Gasteiger partial charge in [0, 0.05) is 25.6 Å². The number of benzene rings is 1. The highest BCUT2D eigenvalue weighted by atomic mass is 35.5. The quantitative estimate of drug-likeness (QED) is 0.423. The molecule has 2 aliphatic heterocycles. The minimum absolute atomic E-state index is 0. The van der Waals surface area contributed by atoms with Crippen LogP contribution in [-0.2, 0) is 32.1 Å². The number of carbonyl (C=O) groups is 4. The van der Waals surface area contributed by atoms with Crippen LogP contribution in [0, 0.1) is 5.92 Å². The molecule has 2 aromatic rings. The number of carbonyl (C=O) groups excluding carboxylic acids is 4. The monoisotopic (exact) mass is 570 g/mol. The molecule has 0 spiro atoms. The van der Waals surface area contributed by atoms with Crippen molar-refractivity contribution in [2.45, 2.75) is 77.5 Å². The normalized spacial score (nSPS) is 17.8. The lowest BCUT2D eigenvalue weighted by atomic mass is 9.94. The van der Waals surface area contributed by atoms with E-state index in [4.69, 9.17) is 5.73 Å². The molecule has 1 aromatic carbocycles. The van der Waals surface area contributed by atoms with Crippen LogP contribution in [0.2, 0.25) is 0 Å². The summed E-state index contributed by atoms with van der Waals surface area (Å²) < 4.78 is 0. The molecule has 0 saturated carbocycles. The second kappa shape index (κ2) is 12.8. The highest BCUT2D eigenvalue weighted by Crippen LogP contribution is 2.39. The first-order valence-electron chi connectivity index (χ1n) is 13.5. The summed E-state index contributed by atoms with van der Waals surface area (Å²) in [5, 5.41) is 5.66. The zero-order valence-electron chi connectivity index (χ0n) is 23.5. The summed E-state index contributed by atoms with van der Waals surface area (Å²) in [7, 11) is 0. The number of anilines is 2. The first-order valence-corrected chi connectivity index (χ1v) is 13.5. The standard InChI is InChI=1S/C29H38N6O4.ClH/c1-18(2)15-21(33-28(39)29(3,4)30)26(37)32-22-16-19-9-7-11-23(34-14-8-12-24(34)36)25(19)35(27(22)38)17-20-10-5-6-13-31-20;/h5-7,9-11,13,18,21-22H,8,12,14-17,30H2,1-4H3,(H,32,37)(H,33,39);1H/t21-,22?;/m1./s1. The van der Waals surface area contributed by atoms with E-state index in [2.05, 4.69) is 15.6 Å². The third-order valence-electron chi connectivity index (χ3n) is 7.00. The predicted molar refractivity (Wildman–Crippen MR) is 156 cm³/mol. The van der Waals surface area contributed by atoms with Gasteiger partial charge in [-0.1, -0.05) is 32.0 Å². The molecule has 11 heteroatoms. The Morgan fingerprint density at radius 1 is 1.15 bits per heavy atom. The maximum atomic E-state index is 14.0. The van der Waals surface area contributed by atoms with Crippen LogP contribution in [0.4, 0.5) is 11.4 Å². The van der Waals surface area contributed by atoms with Crippen molar-refractivity contribution >= 4 is 47.4 Å². The third kappa shape index (κ3) is 6.98. The van der Waals surface area contributed by atoms with E-state index in [-0.39, 0.29) is 43.1 Å². The molecule has 4 rings (SSSR count). The number of nitrogens with two attached hydrogens (primary N) is 1. The van der Waals surface area contributed by atoms with Gasteiger partial charge in [0.25, 0.3) is 0 Å². The van der Waals surface area contributed by atoms with Crippen LogP contribution in [0.25, 0.3) is 0 Å². The number of fused-ring (bicyclic) bond motifs is 1. The number of nitrogens with zero attached hydrogens (tertiary/aromatic N) is 3. The van der Waals surface area contributed by atoms with Gasteiger partial charge in [-0.15, -0.1) is 12.4 Å². The molecule has 40 heavy (non-hydrogen) atoms. The van der Waals surface area contributed by atoms with E-state index >= 15 is 0 Å². The Kier molecular flexibility index (Phi) is 9.92. The summed E-state index contributed by atoms with van der Waals surface area (Å²) in [5.74, 6) is -1.04. The molecule has 1 saturated heterocycles. The summed E-state index contributed by atoms with van der Waals surface area (Å²) in [6, 6.07) is 9.45. The fourth-order valence-electron chi connectivity index (χ4n) is 5.02. The summed E-state index contributed by atoms with van der Waals surface area (Å²) in [5.41, 5.74) is 7.69. The number of halogens is 1. The number of pyridine rings is 1. The van der Waals surface area contributed by atoms with Gasteiger partial charge in [0.2, 0.25) is 23.6 Å². The average Bonchev–Trinajstić information content (AvgIpc) is 3.31. The van der Waals surface area contributed by atoms with Crippen LogP contribution < -0.4 is 26.2 Å². The molecule has 1 aromatic heterocycles. The molecule has 10 nitrogen and oxygen atoms in total. The van der Waals surface area contributed by atoms with Gasteiger partial charge in [-0.3, -0.25) is 24.2 Å². The van der Waals surface area contributed by atoms with Crippen LogP contribution in [0.5, 0.6) is 0 Å². The van der Waals surface area contributed by atoms with Gasteiger partial charge >= 0.3 is 0 Å². The Morgan fingerprint density at radius 3 is 2.50 bits per heavy atom. The van der Waals surface area contributed by atoms with Crippen LogP contribution in [-0.4, -0.2) is 52.8 Å². The smallest absolute Gasteiger partial charge is 0.250 e. The summed E-state index contributed by atoms with van der Waals surface area (Å²) in [6.07, 6.45) is 3.55. The zero-order chi connectivity index (χ0) is 28.3. The van der Waals surface area contributed by atoms with Gasteiger partial charge in [-0.25, -0.2) is 0 Å². The van der Waals surface area contributed by atoms with Crippen molar-refractivity contribution in [1.29, 1.82) is 0 Å². The van der Waals surface area contributed by atoms with Gasteiger partial charge in [-0.05, 0) is 56.4 Å². The fourth-order valence-corrected chi connectivity index (χ4v) is 5.02. The van der Waals surface area contributed by atoms with Crippen molar-refractivity contribution in [3.63, 3.8) is 0 Å². The topological polar surface area (TPSA) is 138 Å². The predicted octanol–water partition coefficient (Wildman–Crippen LogP) is 2.47. The van der Waals surface area contributed by atoms with Crippen molar-refractivity contribution in [1.82, 2.24) is 15.6 Å². The van der Waals surface area contributed by atoms with Crippen molar-refractivity contribution in [3.05, 3.63) is 53.9 Å². The van der Waals surface area contributed by atoms with Gasteiger partial charge in [-0.2, -0.15) is 0 Å². The van der Waals surface area contributed by atoms with Crippen LogP contribution in [0.1, 0.15) is 58.2 Å². The van der Waals surface area contributed by atoms with Crippen LogP contribution in [0.15, 0.2) is 42.6 Å². The molecule has 4 N–H and O–H groups in total. The van der Waals surface area contributed by atoms with E-state index in [0.29, 0.717) is 36.5 Å². The molecular weight excluding hydrogens is 532 g/mol. The van der Waals surface area contributed by atoms with E-state index in [1.54, 1.807) is 35.9 Å². The van der Waals surface area contributed by atoms with Crippen LogP contribution in [0.3, 0.4) is 0 Å². The first-order chi connectivity index (χ1) is 18.5. The highest BCUT2D eigenvalue weighted by molar-refractivity contribution is 6.08. The number of aromatic nitrogens is 1. The Morgan fingerprint density at radius 2 is 1.90 bits per heavy atom. The molecule has 0 aliphatic carbocycles. The fraction of sp³-hybridized carbons (Fsp3) is 0.483. The van der Waals surface area contributed by atoms with Gasteiger partial charge in [0.05, 0.1) is 29.2 Å².